The molecule has 0 aliphatic carbocycles. The summed E-state index contributed by atoms with van der Waals surface area (Å²) in [5.74, 6) is 1.17. The van der Waals surface area contributed by atoms with Crippen LogP contribution in [0.5, 0.6) is 0 Å². The summed E-state index contributed by atoms with van der Waals surface area (Å²) in [6.45, 7) is 3.74. The highest BCUT2D eigenvalue weighted by Gasteiger charge is 2.04. The van der Waals surface area contributed by atoms with Crippen LogP contribution in [0.15, 0.2) is 41.2 Å². The highest BCUT2D eigenvalue weighted by Crippen LogP contribution is 2.12. The minimum atomic E-state index is 0.480. The van der Waals surface area contributed by atoms with E-state index in [1.165, 1.54) is 12.0 Å². The van der Waals surface area contributed by atoms with Gasteiger partial charge in [0.2, 0.25) is 6.39 Å². The second-order valence-electron chi connectivity index (χ2n) is 3.79. The number of nitrogens with one attached hydrogen (secondary N) is 1. The van der Waals surface area contributed by atoms with Gasteiger partial charge in [0.25, 0.3) is 0 Å². The lowest BCUT2D eigenvalue weighted by atomic mass is 10.0. The van der Waals surface area contributed by atoms with Crippen LogP contribution in [-0.2, 0) is 6.54 Å². The summed E-state index contributed by atoms with van der Waals surface area (Å²) in [5.41, 5.74) is 1.34. The van der Waals surface area contributed by atoms with Crippen LogP contribution in [0.4, 0.5) is 0 Å². The standard InChI is InChI=1S/C12H15N3O/c1-10(11-5-3-2-4-6-11)7-13-8-12-14-9-16-15-12/h2-6,9-10,13H,7-8H2,1H3. The number of rotatable bonds is 5. The molecule has 0 saturated carbocycles. The Labute approximate surface area is 94.7 Å². The van der Waals surface area contributed by atoms with Crippen LogP contribution in [0.1, 0.15) is 24.2 Å². The van der Waals surface area contributed by atoms with Crippen LogP contribution in [0, 0.1) is 0 Å². The fourth-order valence-corrected chi connectivity index (χ4v) is 1.57. The molecule has 0 amide bonds. The van der Waals surface area contributed by atoms with Crippen molar-refractivity contribution in [2.24, 2.45) is 0 Å². The second kappa shape index (κ2) is 5.42. The van der Waals surface area contributed by atoms with Gasteiger partial charge < -0.3 is 9.84 Å². The van der Waals surface area contributed by atoms with Gasteiger partial charge in [-0.25, -0.2) is 0 Å². The van der Waals surface area contributed by atoms with E-state index in [4.69, 9.17) is 0 Å². The predicted molar refractivity (Wildman–Crippen MR) is 60.9 cm³/mol. The van der Waals surface area contributed by atoms with Gasteiger partial charge >= 0.3 is 0 Å². The largest absolute Gasteiger partial charge is 0.343 e. The van der Waals surface area contributed by atoms with E-state index in [0.29, 0.717) is 18.3 Å². The third-order valence-electron chi connectivity index (χ3n) is 2.51. The average Bonchev–Trinajstić information content (AvgIpc) is 2.83. The molecule has 1 unspecified atom stereocenters. The van der Waals surface area contributed by atoms with Gasteiger partial charge in [-0.1, -0.05) is 42.4 Å². The second-order valence-corrected chi connectivity index (χ2v) is 3.79. The topological polar surface area (TPSA) is 51.0 Å². The summed E-state index contributed by atoms with van der Waals surface area (Å²) in [7, 11) is 0. The van der Waals surface area contributed by atoms with E-state index in [2.05, 4.69) is 51.2 Å². The fourth-order valence-electron chi connectivity index (χ4n) is 1.57. The Kier molecular flexibility index (Phi) is 3.66. The van der Waals surface area contributed by atoms with Crippen LogP contribution in [0.2, 0.25) is 0 Å². The van der Waals surface area contributed by atoms with Gasteiger partial charge in [0, 0.05) is 6.54 Å². The zero-order chi connectivity index (χ0) is 11.2. The van der Waals surface area contributed by atoms with Gasteiger partial charge in [-0.05, 0) is 11.5 Å². The van der Waals surface area contributed by atoms with Gasteiger partial charge in [-0.15, -0.1) is 0 Å². The van der Waals surface area contributed by atoms with E-state index >= 15 is 0 Å². The van der Waals surface area contributed by atoms with Crippen molar-refractivity contribution in [2.45, 2.75) is 19.4 Å². The zero-order valence-corrected chi connectivity index (χ0v) is 9.26. The third-order valence-corrected chi connectivity index (χ3v) is 2.51. The Morgan fingerprint density at radius 3 is 2.81 bits per heavy atom. The van der Waals surface area contributed by atoms with Crippen molar-refractivity contribution in [3.05, 3.63) is 48.1 Å². The van der Waals surface area contributed by atoms with Gasteiger partial charge in [-0.2, -0.15) is 4.98 Å². The van der Waals surface area contributed by atoms with Crippen LogP contribution in [0.25, 0.3) is 0 Å². The molecule has 1 N–H and O–H groups in total. The van der Waals surface area contributed by atoms with Crippen molar-refractivity contribution in [2.75, 3.05) is 6.54 Å². The van der Waals surface area contributed by atoms with E-state index in [1.807, 2.05) is 6.07 Å². The van der Waals surface area contributed by atoms with E-state index < -0.39 is 0 Å². The maximum atomic E-state index is 4.66. The molecule has 2 aromatic rings. The first-order valence-electron chi connectivity index (χ1n) is 5.37. The van der Waals surface area contributed by atoms with Gasteiger partial charge in [0.05, 0.1) is 6.54 Å². The van der Waals surface area contributed by atoms with Crippen molar-refractivity contribution in [1.29, 1.82) is 0 Å². The zero-order valence-electron chi connectivity index (χ0n) is 9.26. The molecule has 1 aromatic carbocycles. The lowest BCUT2D eigenvalue weighted by molar-refractivity contribution is 0.407. The van der Waals surface area contributed by atoms with Crippen LogP contribution < -0.4 is 5.32 Å². The van der Waals surface area contributed by atoms with Crippen molar-refractivity contribution < 1.29 is 4.52 Å². The maximum absolute atomic E-state index is 4.66. The van der Waals surface area contributed by atoms with E-state index in [-0.39, 0.29) is 0 Å². The lowest BCUT2D eigenvalue weighted by Crippen LogP contribution is -2.20. The molecule has 1 atom stereocenters. The molecule has 16 heavy (non-hydrogen) atoms. The molecule has 0 fully saturated rings. The summed E-state index contributed by atoms with van der Waals surface area (Å²) in [6, 6.07) is 10.4. The third kappa shape index (κ3) is 2.90. The number of nitrogens with zero attached hydrogens (tertiary/aromatic N) is 2. The quantitative estimate of drug-likeness (QED) is 0.831. The first kappa shape index (κ1) is 10.8. The number of hydrogen-bond acceptors (Lipinski definition) is 4. The molecule has 0 bridgehead atoms. The van der Waals surface area contributed by atoms with Crippen molar-refractivity contribution in [1.82, 2.24) is 15.5 Å². The SMILES string of the molecule is CC(CNCc1ncon1)c1ccccc1. The number of aromatic nitrogens is 2. The normalized spacial score (nSPS) is 12.6. The average molecular weight is 217 g/mol. The minimum Gasteiger partial charge on any atom is -0.343 e. The lowest BCUT2D eigenvalue weighted by Gasteiger charge is -2.11. The fraction of sp³-hybridized carbons (Fsp3) is 0.333. The van der Waals surface area contributed by atoms with Crippen LogP contribution in [-0.4, -0.2) is 16.7 Å². The van der Waals surface area contributed by atoms with E-state index in [0.717, 1.165) is 6.54 Å². The van der Waals surface area contributed by atoms with Crippen molar-refractivity contribution >= 4 is 0 Å². The molecule has 4 nitrogen and oxygen atoms in total. The molecule has 0 saturated heterocycles. The monoisotopic (exact) mass is 217 g/mol. The van der Waals surface area contributed by atoms with Gasteiger partial charge in [-0.3, -0.25) is 0 Å². The van der Waals surface area contributed by atoms with Crippen molar-refractivity contribution in [3.63, 3.8) is 0 Å². The molecule has 0 radical (unpaired) electrons. The first-order chi connectivity index (χ1) is 7.86. The molecule has 2 rings (SSSR count). The Morgan fingerprint density at radius 1 is 1.31 bits per heavy atom. The highest BCUT2D eigenvalue weighted by atomic mass is 16.5. The van der Waals surface area contributed by atoms with E-state index in [1.54, 1.807) is 0 Å². The molecular formula is C12H15N3O. The molecule has 0 spiro atoms. The first-order valence-corrected chi connectivity index (χ1v) is 5.37. The summed E-state index contributed by atoms with van der Waals surface area (Å²) in [6.07, 6.45) is 1.34. The Morgan fingerprint density at radius 2 is 2.12 bits per heavy atom. The van der Waals surface area contributed by atoms with Gasteiger partial charge in [0.15, 0.2) is 5.82 Å². The molecule has 0 aliphatic heterocycles. The summed E-state index contributed by atoms with van der Waals surface area (Å²) < 4.78 is 4.66. The molecule has 1 heterocycles. The Hall–Kier alpha value is -1.68. The number of hydrogen-bond donors (Lipinski definition) is 1. The number of benzene rings is 1. The maximum Gasteiger partial charge on any atom is 0.213 e. The Balaban J connectivity index is 1.78. The van der Waals surface area contributed by atoms with Crippen LogP contribution >= 0.6 is 0 Å². The molecular weight excluding hydrogens is 202 g/mol. The molecule has 4 heteroatoms. The summed E-state index contributed by atoms with van der Waals surface area (Å²) >= 11 is 0. The predicted octanol–water partition coefficient (Wildman–Crippen LogP) is 1.96. The summed E-state index contributed by atoms with van der Waals surface area (Å²) in [5, 5.41) is 7.04. The summed E-state index contributed by atoms with van der Waals surface area (Å²) in [4.78, 5) is 3.95. The molecule has 1 aromatic heterocycles. The molecule has 0 aliphatic rings. The van der Waals surface area contributed by atoms with Crippen molar-refractivity contribution in [3.8, 4) is 0 Å². The Bertz CT molecular complexity index is 399. The van der Waals surface area contributed by atoms with Crippen LogP contribution in [0.3, 0.4) is 0 Å². The smallest absolute Gasteiger partial charge is 0.213 e. The van der Waals surface area contributed by atoms with Gasteiger partial charge in [0.1, 0.15) is 0 Å². The minimum absolute atomic E-state index is 0.480. The molecule has 84 valence electrons. The highest BCUT2D eigenvalue weighted by molar-refractivity contribution is 5.18. The van der Waals surface area contributed by atoms with E-state index in [9.17, 15) is 0 Å².